The van der Waals surface area contributed by atoms with Gasteiger partial charge in [0.25, 0.3) is 5.91 Å². The fraction of sp³-hybridized carbons (Fsp3) is 0.188. The molecule has 0 bridgehead atoms. The fourth-order valence-corrected chi connectivity index (χ4v) is 3.49. The van der Waals surface area contributed by atoms with Gasteiger partial charge in [-0.15, -0.1) is 0 Å². The van der Waals surface area contributed by atoms with Gasteiger partial charge in [0.05, 0.1) is 10.2 Å². The number of benzene rings is 2. The van der Waals surface area contributed by atoms with Crippen LogP contribution in [0.4, 0.5) is 5.69 Å². The van der Waals surface area contributed by atoms with Gasteiger partial charge in [-0.05, 0) is 74.2 Å². The van der Waals surface area contributed by atoms with Gasteiger partial charge >= 0.3 is 0 Å². The zero-order valence-corrected chi connectivity index (χ0v) is 16.6. The van der Waals surface area contributed by atoms with E-state index in [2.05, 4.69) is 60.0 Å². The molecule has 2 rings (SSSR count). The standard InChI is InChI=1S/C16H14Br3NO2/c1-2-10-3-5-14(12(18)7-10)20-16(21)9-22-15-6-4-11(17)8-13(15)19/h3-8H,2,9H2,1H3,(H,20,21). The number of amides is 1. The average Bonchev–Trinajstić information content (AvgIpc) is 2.48. The molecule has 1 amide bonds. The Hall–Kier alpha value is -0.850. The van der Waals surface area contributed by atoms with Crippen LogP contribution in [0.5, 0.6) is 5.75 Å². The number of hydrogen-bond donors (Lipinski definition) is 1. The summed E-state index contributed by atoms with van der Waals surface area (Å²) in [5, 5.41) is 2.83. The van der Waals surface area contributed by atoms with Crippen LogP contribution in [0.15, 0.2) is 49.8 Å². The SMILES string of the molecule is CCc1ccc(NC(=O)COc2ccc(Br)cc2Br)c(Br)c1. The van der Waals surface area contributed by atoms with Crippen LogP contribution >= 0.6 is 47.8 Å². The summed E-state index contributed by atoms with van der Waals surface area (Å²) in [7, 11) is 0. The highest BCUT2D eigenvalue weighted by Crippen LogP contribution is 2.28. The van der Waals surface area contributed by atoms with E-state index in [0.29, 0.717) is 5.75 Å². The predicted molar refractivity (Wildman–Crippen MR) is 99.5 cm³/mol. The minimum Gasteiger partial charge on any atom is -0.483 e. The predicted octanol–water partition coefficient (Wildman–Crippen LogP) is 5.55. The molecule has 116 valence electrons. The van der Waals surface area contributed by atoms with E-state index < -0.39 is 0 Å². The number of ether oxygens (including phenoxy) is 1. The molecule has 0 saturated heterocycles. The van der Waals surface area contributed by atoms with Gasteiger partial charge in [-0.3, -0.25) is 4.79 Å². The van der Waals surface area contributed by atoms with Crippen molar-refractivity contribution >= 4 is 59.4 Å². The topological polar surface area (TPSA) is 38.3 Å². The molecule has 0 aromatic heterocycles. The van der Waals surface area contributed by atoms with Crippen molar-refractivity contribution in [2.75, 3.05) is 11.9 Å². The van der Waals surface area contributed by atoms with Crippen molar-refractivity contribution in [1.29, 1.82) is 0 Å². The highest BCUT2D eigenvalue weighted by atomic mass is 79.9. The van der Waals surface area contributed by atoms with Crippen molar-refractivity contribution in [1.82, 2.24) is 0 Å². The maximum Gasteiger partial charge on any atom is 0.262 e. The second kappa shape index (κ2) is 8.13. The molecule has 0 aliphatic heterocycles. The molecule has 0 unspecified atom stereocenters. The summed E-state index contributed by atoms with van der Waals surface area (Å²) >= 11 is 10.2. The minimum atomic E-state index is -0.209. The molecule has 0 aliphatic carbocycles. The van der Waals surface area contributed by atoms with E-state index in [1.807, 2.05) is 30.3 Å². The van der Waals surface area contributed by atoms with Crippen LogP contribution in [0.1, 0.15) is 12.5 Å². The van der Waals surface area contributed by atoms with Crippen LogP contribution in [0.2, 0.25) is 0 Å². The number of carbonyl (C=O) groups is 1. The van der Waals surface area contributed by atoms with Crippen molar-refractivity contribution in [3.8, 4) is 5.75 Å². The van der Waals surface area contributed by atoms with E-state index >= 15 is 0 Å². The van der Waals surface area contributed by atoms with Crippen LogP contribution in [0, 0.1) is 0 Å². The first-order valence-corrected chi connectivity index (χ1v) is 9.03. The molecule has 2 aromatic rings. The Balaban J connectivity index is 1.95. The molecule has 0 atom stereocenters. The van der Waals surface area contributed by atoms with Crippen molar-refractivity contribution in [2.45, 2.75) is 13.3 Å². The molecular weight excluding hydrogens is 478 g/mol. The van der Waals surface area contributed by atoms with Gasteiger partial charge in [-0.25, -0.2) is 0 Å². The Morgan fingerprint density at radius 2 is 1.86 bits per heavy atom. The second-order valence-electron chi connectivity index (χ2n) is 4.58. The maximum absolute atomic E-state index is 12.0. The van der Waals surface area contributed by atoms with Crippen molar-refractivity contribution in [2.24, 2.45) is 0 Å². The highest BCUT2D eigenvalue weighted by molar-refractivity contribution is 9.11. The number of carbonyl (C=O) groups excluding carboxylic acids is 1. The largest absolute Gasteiger partial charge is 0.483 e. The number of aryl methyl sites for hydroxylation is 1. The third-order valence-electron chi connectivity index (χ3n) is 2.97. The summed E-state index contributed by atoms with van der Waals surface area (Å²) < 4.78 is 8.12. The lowest BCUT2D eigenvalue weighted by Gasteiger charge is -2.11. The zero-order valence-electron chi connectivity index (χ0n) is 11.8. The highest BCUT2D eigenvalue weighted by Gasteiger charge is 2.09. The van der Waals surface area contributed by atoms with E-state index in [0.717, 1.165) is 25.5 Å². The van der Waals surface area contributed by atoms with Crippen LogP contribution < -0.4 is 10.1 Å². The molecule has 0 aliphatic rings. The Bertz CT molecular complexity index is 689. The van der Waals surface area contributed by atoms with E-state index in [-0.39, 0.29) is 12.5 Å². The molecule has 0 spiro atoms. The van der Waals surface area contributed by atoms with E-state index in [4.69, 9.17) is 4.74 Å². The van der Waals surface area contributed by atoms with Crippen molar-refractivity contribution in [3.05, 3.63) is 55.4 Å². The summed E-state index contributed by atoms with van der Waals surface area (Å²) in [6, 6.07) is 11.4. The molecule has 1 N–H and O–H groups in total. The third kappa shape index (κ3) is 4.83. The zero-order chi connectivity index (χ0) is 16.1. The van der Waals surface area contributed by atoms with Gasteiger partial charge in [0.15, 0.2) is 6.61 Å². The van der Waals surface area contributed by atoms with Gasteiger partial charge < -0.3 is 10.1 Å². The Labute approximate surface area is 154 Å². The Morgan fingerprint density at radius 1 is 1.09 bits per heavy atom. The summed E-state index contributed by atoms with van der Waals surface area (Å²) in [5.74, 6) is 0.415. The first-order valence-electron chi connectivity index (χ1n) is 6.65. The van der Waals surface area contributed by atoms with Gasteiger partial charge in [0, 0.05) is 8.95 Å². The molecule has 2 aromatic carbocycles. The molecule has 0 fully saturated rings. The summed E-state index contributed by atoms with van der Waals surface area (Å²) in [6.45, 7) is 2.03. The third-order valence-corrected chi connectivity index (χ3v) is 4.74. The Morgan fingerprint density at radius 3 is 2.50 bits per heavy atom. The number of nitrogens with one attached hydrogen (secondary N) is 1. The molecule has 3 nitrogen and oxygen atoms in total. The lowest BCUT2D eigenvalue weighted by Crippen LogP contribution is -2.20. The second-order valence-corrected chi connectivity index (χ2v) is 7.20. The molecule has 22 heavy (non-hydrogen) atoms. The van der Waals surface area contributed by atoms with Crippen molar-refractivity contribution < 1.29 is 9.53 Å². The van der Waals surface area contributed by atoms with E-state index in [9.17, 15) is 4.79 Å². The number of halogens is 3. The monoisotopic (exact) mass is 489 g/mol. The molecule has 0 saturated carbocycles. The van der Waals surface area contributed by atoms with Crippen LogP contribution in [0.3, 0.4) is 0 Å². The van der Waals surface area contributed by atoms with Crippen LogP contribution in [0.25, 0.3) is 0 Å². The van der Waals surface area contributed by atoms with E-state index in [1.165, 1.54) is 5.56 Å². The van der Waals surface area contributed by atoms with E-state index in [1.54, 1.807) is 6.07 Å². The number of anilines is 1. The van der Waals surface area contributed by atoms with Gasteiger partial charge in [-0.1, -0.05) is 28.9 Å². The summed E-state index contributed by atoms with van der Waals surface area (Å²) in [5.41, 5.74) is 1.94. The first kappa shape index (κ1) is 17.5. The lowest BCUT2D eigenvalue weighted by atomic mass is 10.1. The number of rotatable bonds is 5. The molecule has 0 heterocycles. The summed E-state index contributed by atoms with van der Waals surface area (Å²) in [6.07, 6.45) is 0.952. The quantitative estimate of drug-likeness (QED) is 0.595. The Kier molecular flexibility index (Phi) is 6.47. The normalized spacial score (nSPS) is 10.4. The van der Waals surface area contributed by atoms with Gasteiger partial charge in [0.2, 0.25) is 0 Å². The fourth-order valence-electron chi connectivity index (χ4n) is 1.80. The molecule has 0 radical (unpaired) electrons. The summed E-state index contributed by atoms with van der Waals surface area (Å²) in [4.78, 5) is 12.0. The van der Waals surface area contributed by atoms with Gasteiger partial charge in [-0.2, -0.15) is 0 Å². The lowest BCUT2D eigenvalue weighted by molar-refractivity contribution is -0.118. The first-order chi connectivity index (χ1) is 10.5. The van der Waals surface area contributed by atoms with Crippen LogP contribution in [-0.2, 0) is 11.2 Å². The maximum atomic E-state index is 12.0. The average molecular weight is 492 g/mol. The molecular formula is C16H14Br3NO2. The number of hydrogen-bond acceptors (Lipinski definition) is 2. The van der Waals surface area contributed by atoms with Crippen molar-refractivity contribution in [3.63, 3.8) is 0 Å². The van der Waals surface area contributed by atoms with Crippen LogP contribution in [-0.4, -0.2) is 12.5 Å². The van der Waals surface area contributed by atoms with Gasteiger partial charge in [0.1, 0.15) is 5.75 Å². The minimum absolute atomic E-state index is 0.0534. The molecule has 6 heteroatoms. The smallest absolute Gasteiger partial charge is 0.262 e.